The number of fused-ring (bicyclic) bond motifs is 1. The summed E-state index contributed by atoms with van der Waals surface area (Å²) in [6.07, 6.45) is 4.54. The van der Waals surface area contributed by atoms with Crippen molar-refractivity contribution in [3.8, 4) is 11.8 Å². The summed E-state index contributed by atoms with van der Waals surface area (Å²) in [6, 6.07) is 8.18. The van der Waals surface area contributed by atoms with Crippen LogP contribution < -0.4 is 4.74 Å². The molecule has 166 valence electrons. The Morgan fingerprint density at radius 2 is 1.74 bits per heavy atom. The van der Waals surface area contributed by atoms with Crippen LogP contribution in [0, 0.1) is 0 Å². The van der Waals surface area contributed by atoms with Crippen LogP contribution in [0.5, 0.6) is 11.8 Å². The summed E-state index contributed by atoms with van der Waals surface area (Å²) in [7, 11) is 1.97. The Bertz CT molecular complexity index is 1090. The second-order valence-corrected chi connectivity index (χ2v) is 9.51. The number of halogens is 3. The van der Waals surface area contributed by atoms with Gasteiger partial charge in [-0.1, -0.05) is 54.7 Å². The van der Waals surface area contributed by atoms with Crippen LogP contribution >= 0.6 is 34.8 Å². The molecule has 31 heavy (non-hydrogen) atoms. The quantitative estimate of drug-likeness (QED) is 0.345. The summed E-state index contributed by atoms with van der Waals surface area (Å²) in [4.78, 5) is 7.15. The van der Waals surface area contributed by atoms with E-state index in [1.807, 2.05) is 23.7 Å². The van der Waals surface area contributed by atoms with Gasteiger partial charge in [-0.2, -0.15) is 4.98 Å². The molecule has 4 rings (SSSR count). The Kier molecular flexibility index (Phi) is 7.02. The van der Waals surface area contributed by atoms with Gasteiger partial charge in [0, 0.05) is 24.2 Å². The molecule has 0 aliphatic carbocycles. The van der Waals surface area contributed by atoms with Crippen LogP contribution in [0.25, 0.3) is 11.0 Å². The second kappa shape index (κ2) is 9.58. The molecule has 1 aliphatic rings. The smallest absolute Gasteiger partial charge is 0.302 e. The standard InChI is InChI=1S/C24H28Cl3N3O/c1-4-15(5-2)18-8-9-19(26)21-22(18)29(3)24(28-21)31-23-16(12-17(25)13-20(23)27)14-30-10-6-7-11-30/h8-9,12-13,15H,4-7,10-11,14H2,1-3H3. The van der Waals surface area contributed by atoms with Gasteiger partial charge in [-0.3, -0.25) is 9.47 Å². The number of aromatic nitrogens is 2. The zero-order valence-electron chi connectivity index (χ0n) is 18.2. The Hall–Kier alpha value is -1.46. The summed E-state index contributed by atoms with van der Waals surface area (Å²) in [5.41, 5.74) is 3.99. The van der Waals surface area contributed by atoms with E-state index in [9.17, 15) is 0 Å². The maximum absolute atomic E-state index is 6.59. The van der Waals surface area contributed by atoms with Crippen LogP contribution in [0.3, 0.4) is 0 Å². The monoisotopic (exact) mass is 479 g/mol. The lowest BCUT2D eigenvalue weighted by molar-refractivity contribution is 0.323. The van der Waals surface area contributed by atoms with Crippen molar-refractivity contribution < 1.29 is 4.74 Å². The first-order chi connectivity index (χ1) is 14.9. The molecule has 0 amide bonds. The molecule has 2 heterocycles. The van der Waals surface area contributed by atoms with Crippen molar-refractivity contribution in [3.63, 3.8) is 0 Å². The molecule has 0 radical (unpaired) electrons. The summed E-state index contributed by atoms with van der Waals surface area (Å²) in [5, 5.41) is 1.71. The van der Waals surface area contributed by atoms with Gasteiger partial charge in [0.05, 0.1) is 15.6 Å². The summed E-state index contributed by atoms with van der Waals surface area (Å²) in [5.74, 6) is 1.05. The highest BCUT2D eigenvalue weighted by Gasteiger charge is 2.23. The molecule has 2 aromatic carbocycles. The fourth-order valence-corrected chi connectivity index (χ4v) is 5.33. The Labute approximate surface area is 199 Å². The number of nitrogens with zero attached hydrogens (tertiary/aromatic N) is 3. The topological polar surface area (TPSA) is 30.3 Å². The van der Waals surface area contributed by atoms with Crippen molar-refractivity contribution >= 4 is 45.8 Å². The predicted molar refractivity (Wildman–Crippen MR) is 130 cm³/mol. The fraction of sp³-hybridized carbons (Fsp3) is 0.458. The van der Waals surface area contributed by atoms with E-state index in [-0.39, 0.29) is 0 Å². The lowest BCUT2D eigenvalue weighted by atomic mass is 9.93. The number of rotatable bonds is 7. The molecule has 0 bridgehead atoms. The largest absolute Gasteiger partial charge is 0.424 e. The summed E-state index contributed by atoms with van der Waals surface area (Å²) < 4.78 is 8.34. The third-order valence-corrected chi connectivity index (χ3v) is 7.06. The normalized spacial score (nSPS) is 14.8. The number of ether oxygens (including phenoxy) is 1. The molecule has 1 aromatic heterocycles. The number of aryl methyl sites for hydroxylation is 1. The Balaban J connectivity index is 1.78. The van der Waals surface area contributed by atoms with Gasteiger partial charge in [-0.15, -0.1) is 0 Å². The highest BCUT2D eigenvalue weighted by atomic mass is 35.5. The maximum atomic E-state index is 6.59. The van der Waals surface area contributed by atoms with E-state index >= 15 is 0 Å². The summed E-state index contributed by atoms with van der Waals surface area (Å²) in [6.45, 7) is 7.31. The molecule has 0 N–H and O–H groups in total. The van der Waals surface area contributed by atoms with E-state index in [4.69, 9.17) is 44.5 Å². The molecule has 0 saturated carbocycles. The molecule has 4 nitrogen and oxygen atoms in total. The molecule has 7 heteroatoms. The maximum Gasteiger partial charge on any atom is 0.302 e. The minimum atomic E-state index is 0.438. The van der Waals surface area contributed by atoms with Crippen molar-refractivity contribution in [2.24, 2.45) is 7.05 Å². The first kappa shape index (κ1) is 22.7. The molecule has 0 spiro atoms. The van der Waals surface area contributed by atoms with E-state index in [1.54, 1.807) is 6.07 Å². The van der Waals surface area contributed by atoms with Crippen molar-refractivity contribution in [3.05, 3.63) is 50.5 Å². The van der Waals surface area contributed by atoms with E-state index in [1.165, 1.54) is 18.4 Å². The SMILES string of the molecule is CCC(CC)c1ccc(Cl)c2nc(Oc3c(Cl)cc(Cl)cc3CN3CCCC3)n(C)c12. The van der Waals surface area contributed by atoms with Gasteiger partial charge in [0.2, 0.25) is 0 Å². The van der Waals surface area contributed by atoms with E-state index < -0.39 is 0 Å². The number of hydrogen-bond donors (Lipinski definition) is 0. The van der Waals surface area contributed by atoms with Gasteiger partial charge in [-0.05, 0) is 68.5 Å². The van der Waals surface area contributed by atoms with Gasteiger partial charge in [0.15, 0.2) is 5.75 Å². The van der Waals surface area contributed by atoms with E-state index in [0.717, 1.165) is 49.1 Å². The number of likely N-dealkylation sites (tertiary alicyclic amines) is 1. The average Bonchev–Trinajstić information content (AvgIpc) is 3.36. The van der Waals surface area contributed by atoms with Gasteiger partial charge in [0.25, 0.3) is 0 Å². The zero-order chi connectivity index (χ0) is 22.1. The molecule has 0 unspecified atom stereocenters. The Morgan fingerprint density at radius 1 is 1.03 bits per heavy atom. The van der Waals surface area contributed by atoms with Crippen LogP contribution in [0.15, 0.2) is 24.3 Å². The van der Waals surface area contributed by atoms with Crippen LogP contribution in [-0.4, -0.2) is 27.5 Å². The van der Waals surface area contributed by atoms with Crippen LogP contribution in [0.1, 0.15) is 56.6 Å². The third-order valence-electron chi connectivity index (χ3n) is 6.26. The van der Waals surface area contributed by atoms with Gasteiger partial charge < -0.3 is 4.74 Å². The van der Waals surface area contributed by atoms with Crippen molar-refractivity contribution in [1.82, 2.24) is 14.5 Å². The number of imidazole rings is 1. The van der Waals surface area contributed by atoms with E-state index in [2.05, 4.69) is 24.8 Å². The average molecular weight is 481 g/mol. The van der Waals surface area contributed by atoms with Crippen molar-refractivity contribution in [2.45, 2.75) is 52.0 Å². The van der Waals surface area contributed by atoms with Crippen LogP contribution in [0.4, 0.5) is 0 Å². The molecule has 1 saturated heterocycles. The third kappa shape index (κ3) is 4.54. The van der Waals surface area contributed by atoms with Gasteiger partial charge in [-0.25, -0.2) is 0 Å². The minimum Gasteiger partial charge on any atom is -0.424 e. The lowest BCUT2D eigenvalue weighted by Crippen LogP contribution is -2.19. The summed E-state index contributed by atoms with van der Waals surface area (Å²) >= 11 is 19.4. The molecule has 3 aromatic rings. The number of benzene rings is 2. The Morgan fingerprint density at radius 3 is 2.42 bits per heavy atom. The fourth-order valence-electron chi connectivity index (χ4n) is 4.56. The molecule has 1 aliphatic heterocycles. The van der Waals surface area contributed by atoms with Crippen molar-refractivity contribution in [1.29, 1.82) is 0 Å². The molecule has 1 fully saturated rings. The zero-order valence-corrected chi connectivity index (χ0v) is 20.5. The molecular formula is C24H28Cl3N3O. The highest BCUT2D eigenvalue weighted by molar-refractivity contribution is 6.36. The lowest BCUT2D eigenvalue weighted by Gasteiger charge is -2.19. The van der Waals surface area contributed by atoms with Crippen molar-refractivity contribution in [2.75, 3.05) is 13.1 Å². The first-order valence-corrected chi connectivity index (χ1v) is 12.1. The highest BCUT2D eigenvalue weighted by Crippen LogP contribution is 2.40. The van der Waals surface area contributed by atoms with Gasteiger partial charge in [0.1, 0.15) is 5.52 Å². The van der Waals surface area contributed by atoms with Crippen LogP contribution in [0.2, 0.25) is 15.1 Å². The van der Waals surface area contributed by atoms with E-state index in [0.29, 0.717) is 32.7 Å². The molecule has 0 atom stereocenters. The van der Waals surface area contributed by atoms with Crippen LogP contribution in [-0.2, 0) is 13.6 Å². The second-order valence-electron chi connectivity index (χ2n) is 8.26. The van der Waals surface area contributed by atoms with Gasteiger partial charge >= 0.3 is 6.01 Å². The minimum absolute atomic E-state index is 0.438. The first-order valence-electron chi connectivity index (χ1n) is 11.0. The molecular weight excluding hydrogens is 453 g/mol. The number of hydrogen-bond acceptors (Lipinski definition) is 3. The predicted octanol–water partition coefficient (Wildman–Crippen LogP) is 7.83.